The van der Waals surface area contributed by atoms with Crippen LogP contribution in [0.2, 0.25) is 0 Å². The standard InChI is InChI=1S/C12H11BrN4O3/c1-7-15-11(14-2)6-12(16-7)20-10-4-3-8(13)5-9(10)17(18)19/h3-6H,1-2H3,(H,14,15,16). The van der Waals surface area contributed by atoms with E-state index < -0.39 is 4.92 Å². The first-order valence-corrected chi connectivity index (χ1v) is 6.44. The van der Waals surface area contributed by atoms with Gasteiger partial charge in [0.05, 0.1) is 4.92 Å². The maximum atomic E-state index is 11.0. The van der Waals surface area contributed by atoms with Gasteiger partial charge in [-0.3, -0.25) is 10.1 Å². The first-order valence-electron chi connectivity index (χ1n) is 5.65. The Labute approximate surface area is 123 Å². The molecule has 104 valence electrons. The van der Waals surface area contributed by atoms with Crippen LogP contribution in [0.15, 0.2) is 28.7 Å². The molecule has 0 bridgehead atoms. The van der Waals surface area contributed by atoms with Crippen LogP contribution >= 0.6 is 15.9 Å². The first kappa shape index (κ1) is 14.2. The molecule has 8 heteroatoms. The van der Waals surface area contributed by atoms with E-state index in [1.165, 1.54) is 12.1 Å². The van der Waals surface area contributed by atoms with E-state index >= 15 is 0 Å². The number of halogens is 1. The number of ether oxygens (including phenoxy) is 1. The summed E-state index contributed by atoms with van der Waals surface area (Å²) in [5, 5.41) is 13.9. The van der Waals surface area contributed by atoms with Crippen molar-refractivity contribution in [3.05, 3.63) is 44.7 Å². The van der Waals surface area contributed by atoms with Crippen molar-refractivity contribution >= 4 is 27.4 Å². The van der Waals surface area contributed by atoms with Gasteiger partial charge in [0, 0.05) is 23.7 Å². The minimum absolute atomic E-state index is 0.123. The van der Waals surface area contributed by atoms with Gasteiger partial charge in [0.1, 0.15) is 11.6 Å². The van der Waals surface area contributed by atoms with Gasteiger partial charge >= 0.3 is 5.69 Å². The van der Waals surface area contributed by atoms with Crippen LogP contribution in [0, 0.1) is 17.0 Å². The maximum Gasteiger partial charge on any atom is 0.312 e. The van der Waals surface area contributed by atoms with Crippen LogP contribution in [0.5, 0.6) is 11.6 Å². The SMILES string of the molecule is CNc1cc(Oc2ccc(Br)cc2[N+](=O)[O-])nc(C)n1. The van der Waals surface area contributed by atoms with Gasteiger partial charge in [-0.25, -0.2) is 4.98 Å². The van der Waals surface area contributed by atoms with Crippen molar-refractivity contribution in [1.29, 1.82) is 0 Å². The molecule has 2 aromatic rings. The smallest absolute Gasteiger partial charge is 0.312 e. The lowest BCUT2D eigenvalue weighted by molar-refractivity contribution is -0.385. The molecule has 0 aliphatic heterocycles. The average molecular weight is 339 g/mol. The third kappa shape index (κ3) is 3.21. The van der Waals surface area contributed by atoms with Crippen LogP contribution < -0.4 is 10.1 Å². The third-order valence-electron chi connectivity index (χ3n) is 2.40. The Morgan fingerprint density at radius 2 is 2.10 bits per heavy atom. The van der Waals surface area contributed by atoms with Gasteiger partial charge in [-0.2, -0.15) is 4.98 Å². The molecule has 20 heavy (non-hydrogen) atoms. The Kier molecular flexibility index (Phi) is 4.14. The van der Waals surface area contributed by atoms with Gasteiger partial charge in [-0.05, 0) is 19.1 Å². The van der Waals surface area contributed by atoms with Crippen molar-refractivity contribution in [2.45, 2.75) is 6.92 Å². The van der Waals surface area contributed by atoms with Crippen LogP contribution in [0.4, 0.5) is 11.5 Å². The number of aromatic nitrogens is 2. The van der Waals surface area contributed by atoms with Crippen molar-refractivity contribution in [3.8, 4) is 11.6 Å². The summed E-state index contributed by atoms with van der Waals surface area (Å²) >= 11 is 3.19. The third-order valence-corrected chi connectivity index (χ3v) is 2.90. The molecule has 0 radical (unpaired) electrons. The predicted molar refractivity (Wildman–Crippen MR) is 77.2 cm³/mol. The Hall–Kier alpha value is -2.22. The molecule has 0 aliphatic carbocycles. The number of nitro groups is 1. The minimum atomic E-state index is -0.507. The van der Waals surface area contributed by atoms with Crippen molar-refractivity contribution < 1.29 is 9.66 Å². The molecule has 0 amide bonds. The van der Waals surface area contributed by atoms with Gasteiger partial charge in [0.15, 0.2) is 0 Å². The fourth-order valence-corrected chi connectivity index (χ4v) is 1.90. The minimum Gasteiger partial charge on any atom is -0.432 e. The van der Waals surface area contributed by atoms with Crippen LogP contribution in [-0.2, 0) is 0 Å². The zero-order valence-corrected chi connectivity index (χ0v) is 12.3. The van der Waals surface area contributed by atoms with Crippen molar-refractivity contribution in [2.24, 2.45) is 0 Å². The van der Waals surface area contributed by atoms with Gasteiger partial charge in [-0.15, -0.1) is 0 Å². The van der Waals surface area contributed by atoms with Crippen LogP contribution in [-0.4, -0.2) is 21.9 Å². The molecule has 0 unspecified atom stereocenters. The molecule has 2 rings (SSSR count). The number of benzene rings is 1. The lowest BCUT2D eigenvalue weighted by atomic mass is 10.3. The fourth-order valence-electron chi connectivity index (χ4n) is 1.55. The second-order valence-electron chi connectivity index (χ2n) is 3.86. The number of aryl methyl sites for hydroxylation is 1. The number of hydrogen-bond donors (Lipinski definition) is 1. The normalized spacial score (nSPS) is 10.2. The van der Waals surface area contributed by atoms with E-state index in [9.17, 15) is 10.1 Å². The van der Waals surface area contributed by atoms with Gasteiger partial charge in [-0.1, -0.05) is 15.9 Å². The average Bonchev–Trinajstić information content (AvgIpc) is 2.40. The highest BCUT2D eigenvalue weighted by atomic mass is 79.9. The molecule has 0 atom stereocenters. The molecular formula is C12H11BrN4O3. The van der Waals surface area contributed by atoms with Crippen molar-refractivity contribution in [1.82, 2.24) is 9.97 Å². The molecule has 0 spiro atoms. The van der Waals surface area contributed by atoms with Gasteiger partial charge in [0.25, 0.3) is 0 Å². The molecule has 1 N–H and O–H groups in total. The van der Waals surface area contributed by atoms with Crippen molar-refractivity contribution in [2.75, 3.05) is 12.4 Å². The summed E-state index contributed by atoms with van der Waals surface area (Å²) in [6.07, 6.45) is 0. The predicted octanol–water partition coefficient (Wildman–Crippen LogP) is 3.29. The van der Waals surface area contributed by atoms with E-state index in [0.717, 1.165) is 0 Å². The summed E-state index contributed by atoms with van der Waals surface area (Å²) in [5.41, 5.74) is -0.137. The Morgan fingerprint density at radius 1 is 1.35 bits per heavy atom. The van der Waals surface area contributed by atoms with E-state index in [1.807, 2.05) is 0 Å². The number of hydrogen-bond acceptors (Lipinski definition) is 6. The lowest BCUT2D eigenvalue weighted by Gasteiger charge is -2.08. The zero-order valence-electron chi connectivity index (χ0n) is 10.8. The summed E-state index contributed by atoms with van der Waals surface area (Å²) in [4.78, 5) is 18.7. The van der Waals surface area contributed by atoms with Gasteiger partial charge < -0.3 is 10.1 Å². The molecule has 0 fully saturated rings. The molecule has 1 aromatic carbocycles. The molecular weight excluding hydrogens is 328 g/mol. The second-order valence-corrected chi connectivity index (χ2v) is 4.78. The number of nitrogens with one attached hydrogen (secondary N) is 1. The Bertz CT molecular complexity index is 663. The first-order chi connectivity index (χ1) is 9.49. The number of nitro benzene ring substituents is 1. The van der Waals surface area contributed by atoms with Crippen LogP contribution in [0.1, 0.15) is 5.82 Å². The Morgan fingerprint density at radius 3 is 2.75 bits per heavy atom. The molecule has 0 saturated carbocycles. The largest absolute Gasteiger partial charge is 0.432 e. The fraction of sp³-hybridized carbons (Fsp3) is 0.167. The molecule has 0 aliphatic rings. The summed E-state index contributed by atoms with van der Waals surface area (Å²) < 4.78 is 6.10. The lowest BCUT2D eigenvalue weighted by Crippen LogP contribution is -2.00. The highest BCUT2D eigenvalue weighted by molar-refractivity contribution is 9.10. The summed E-state index contributed by atoms with van der Waals surface area (Å²) in [5.74, 6) is 1.45. The van der Waals surface area contributed by atoms with Crippen molar-refractivity contribution in [3.63, 3.8) is 0 Å². The van der Waals surface area contributed by atoms with E-state index in [4.69, 9.17) is 4.74 Å². The molecule has 7 nitrogen and oxygen atoms in total. The number of nitrogens with zero attached hydrogens (tertiary/aromatic N) is 3. The maximum absolute atomic E-state index is 11.0. The number of rotatable bonds is 4. The highest BCUT2D eigenvalue weighted by Crippen LogP contribution is 2.33. The van der Waals surface area contributed by atoms with E-state index in [0.29, 0.717) is 16.1 Å². The summed E-state index contributed by atoms with van der Waals surface area (Å²) in [6.45, 7) is 1.71. The highest BCUT2D eigenvalue weighted by Gasteiger charge is 2.17. The molecule has 1 heterocycles. The second kappa shape index (κ2) is 5.83. The Balaban J connectivity index is 2.39. The van der Waals surface area contributed by atoms with E-state index in [2.05, 4.69) is 31.2 Å². The monoisotopic (exact) mass is 338 g/mol. The van der Waals surface area contributed by atoms with Crippen LogP contribution in [0.3, 0.4) is 0 Å². The summed E-state index contributed by atoms with van der Waals surface area (Å²) in [6, 6.07) is 6.12. The number of anilines is 1. The van der Waals surface area contributed by atoms with E-state index in [-0.39, 0.29) is 17.3 Å². The molecule has 0 saturated heterocycles. The van der Waals surface area contributed by atoms with Gasteiger partial charge in [0.2, 0.25) is 11.6 Å². The van der Waals surface area contributed by atoms with Crippen LogP contribution in [0.25, 0.3) is 0 Å². The molecule has 1 aromatic heterocycles. The quantitative estimate of drug-likeness (QED) is 0.679. The topological polar surface area (TPSA) is 90.2 Å². The zero-order chi connectivity index (χ0) is 14.7. The van der Waals surface area contributed by atoms with E-state index in [1.54, 1.807) is 26.1 Å². The summed E-state index contributed by atoms with van der Waals surface area (Å²) in [7, 11) is 1.72.